The molecule has 0 unspecified atom stereocenters. The second kappa shape index (κ2) is 21.5. The molecule has 0 saturated heterocycles. The van der Waals surface area contributed by atoms with Crippen molar-refractivity contribution in [3.63, 3.8) is 0 Å². The van der Waals surface area contributed by atoms with Crippen molar-refractivity contribution in [3.8, 4) is 0 Å². The maximum Gasteiger partial charge on any atom is 0.408 e. The van der Waals surface area contributed by atoms with Gasteiger partial charge in [-0.2, -0.15) is 0 Å². The Morgan fingerprint density at radius 3 is 2.24 bits per heavy atom. The summed E-state index contributed by atoms with van der Waals surface area (Å²) in [5.74, 6) is -0.174. The molecule has 0 radical (unpaired) electrons. The number of ether oxygens (including phenoxy) is 1. The molecule has 5 atom stereocenters. The average molecular weight is 733 g/mol. The van der Waals surface area contributed by atoms with Gasteiger partial charge in [0, 0.05) is 31.3 Å². The van der Waals surface area contributed by atoms with Crippen LogP contribution in [0.25, 0.3) is 0 Å². The predicted molar refractivity (Wildman–Crippen MR) is 202 cm³/mol. The summed E-state index contributed by atoms with van der Waals surface area (Å²) in [6, 6.07) is 6.74. The Kier molecular flexibility index (Phi) is 18.3. The number of rotatable bonds is 18. The molecule has 51 heavy (non-hydrogen) atoms. The Hall–Kier alpha value is -3.84. The largest absolute Gasteiger partial charge is 0.444 e. The minimum atomic E-state index is -1.02. The third-order valence-corrected chi connectivity index (χ3v) is 9.29. The predicted octanol–water partition coefficient (Wildman–Crippen LogP) is 4.14. The molecule has 1 saturated carbocycles. The molecule has 0 spiro atoms. The number of aliphatic hydroxyl groups excluding tert-OH is 1. The van der Waals surface area contributed by atoms with E-state index in [0.717, 1.165) is 31.2 Å². The summed E-state index contributed by atoms with van der Waals surface area (Å²) < 4.78 is 5.46. The standard InChI is InChI=1S/C37H60N8O5.ClH/c1-24(2)27(16-17-41-35(38)39)20-32(46)29(18-25-12-8-6-9-13-25)43-34(48)31(21-28-22-40-23-42-28)44-33(47)30(19-26-14-10-7-11-15-26)45-36(49)50-37(3,4)5;/h7,10-11,14-15,22-25,27,29-32,46H,6,8-9,12-13,16-21H2,1-5H3,(H,40,42)(H,43,48)(H,44,47)(H,45,49)(H4,38,39,41);1H/t27-,29-,30-,31-,32-;/m0./s1. The fourth-order valence-corrected chi connectivity index (χ4v) is 6.54. The number of benzene rings is 1. The Labute approximate surface area is 309 Å². The molecule has 1 fully saturated rings. The second-order valence-electron chi connectivity index (χ2n) is 15.0. The van der Waals surface area contributed by atoms with E-state index in [1.807, 2.05) is 30.3 Å². The van der Waals surface area contributed by atoms with Crippen LogP contribution in [0.4, 0.5) is 4.79 Å². The van der Waals surface area contributed by atoms with E-state index in [1.54, 1.807) is 27.0 Å². The van der Waals surface area contributed by atoms with E-state index in [-0.39, 0.29) is 43.0 Å². The number of aromatic nitrogens is 2. The number of guanidine groups is 1. The normalized spacial score (nSPS) is 16.5. The van der Waals surface area contributed by atoms with Crippen molar-refractivity contribution >= 4 is 36.3 Å². The number of amides is 3. The molecule has 1 aromatic carbocycles. The van der Waals surface area contributed by atoms with Crippen LogP contribution >= 0.6 is 12.4 Å². The van der Waals surface area contributed by atoms with Crippen LogP contribution in [-0.4, -0.2) is 75.3 Å². The number of carbonyl (C=O) groups is 3. The van der Waals surface area contributed by atoms with Crippen molar-refractivity contribution in [1.29, 1.82) is 0 Å². The first-order chi connectivity index (χ1) is 23.7. The van der Waals surface area contributed by atoms with E-state index in [2.05, 4.69) is 44.8 Å². The SMILES string of the molecule is CC(C)[C@@H](CCN=C(N)N)C[C@H](O)[C@H](CC1CCCCC1)NC(=O)[C@H](Cc1cnc[nH]1)NC(=O)[C@H](Cc1ccccc1)NC(=O)OC(C)(C)C.Cl. The van der Waals surface area contributed by atoms with Crippen LogP contribution < -0.4 is 27.4 Å². The molecule has 0 aliphatic heterocycles. The summed E-state index contributed by atoms with van der Waals surface area (Å²) in [5.41, 5.74) is 11.8. The van der Waals surface area contributed by atoms with Crippen molar-refractivity contribution in [2.45, 2.75) is 129 Å². The van der Waals surface area contributed by atoms with Crippen molar-refractivity contribution in [1.82, 2.24) is 25.9 Å². The number of carbonyl (C=O) groups excluding carboxylic acids is 3. The third-order valence-electron chi connectivity index (χ3n) is 9.29. The van der Waals surface area contributed by atoms with Gasteiger partial charge in [0.1, 0.15) is 17.7 Å². The average Bonchev–Trinajstić information content (AvgIpc) is 3.56. The number of halogens is 1. The summed E-state index contributed by atoms with van der Waals surface area (Å²) in [5, 5.41) is 20.5. The van der Waals surface area contributed by atoms with Crippen LogP contribution in [0.5, 0.6) is 0 Å². The van der Waals surface area contributed by atoms with Crippen molar-refractivity contribution in [2.24, 2.45) is 34.2 Å². The van der Waals surface area contributed by atoms with Gasteiger partial charge in [-0.15, -0.1) is 12.4 Å². The molecule has 1 aliphatic carbocycles. The summed E-state index contributed by atoms with van der Waals surface area (Å²) in [6.07, 6.45) is 9.19. The van der Waals surface area contributed by atoms with E-state index in [1.165, 1.54) is 12.7 Å². The molecular weight excluding hydrogens is 672 g/mol. The smallest absolute Gasteiger partial charge is 0.408 e. The summed E-state index contributed by atoms with van der Waals surface area (Å²) in [4.78, 5) is 52.2. The first-order valence-corrected chi connectivity index (χ1v) is 18.0. The minimum Gasteiger partial charge on any atom is -0.444 e. The van der Waals surface area contributed by atoms with E-state index < -0.39 is 47.7 Å². The fourth-order valence-electron chi connectivity index (χ4n) is 6.54. The van der Waals surface area contributed by atoms with Crippen LogP contribution in [0.15, 0.2) is 47.8 Å². The van der Waals surface area contributed by atoms with Crippen LogP contribution in [0, 0.1) is 17.8 Å². The lowest BCUT2D eigenvalue weighted by Gasteiger charge is -2.34. The Bertz CT molecular complexity index is 1340. The molecule has 1 heterocycles. The number of aromatic amines is 1. The van der Waals surface area contributed by atoms with Gasteiger partial charge in [-0.3, -0.25) is 14.6 Å². The minimum absolute atomic E-state index is 0. The quantitative estimate of drug-likeness (QED) is 0.0873. The summed E-state index contributed by atoms with van der Waals surface area (Å²) >= 11 is 0. The van der Waals surface area contributed by atoms with Crippen LogP contribution in [0.3, 0.4) is 0 Å². The topological polar surface area (TPSA) is 210 Å². The maximum atomic E-state index is 14.2. The maximum absolute atomic E-state index is 14.2. The molecule has 286 valence electrons. The molecule has 2 aromatic rings. The lowest BCUT2D eigenvalue weighted by atomic mass is 9.80. The zero-order valence-electron chi connectivity index (χ0n) is 30.9. The number of nitrogens with two attached hydrogens (primary N) is 2. The number of hydrogen-bond acceptors (Lipinski definition) is 7. The molecule has 3 rings (SSSR count). The van der Waals surface area contributed by atoms with Gasteiger partial charge in [-0.1, -0.05) is 76.3 Å². The van der Waals surface area contributed by atoms with Gasteiger partial charge in [0.05, 0.1) is 18.5 Å². The molecule has 0 bridgehead atoms. The number of nitrogens with one attached hydrogen (secondary N) is 4. The zero-order valence-corrected chi connectivity index (χ0v) is 31.7. The Morgan fingerprint density at radius 2 is 1.65 bits per heavy atom. The van der Waals surface area contributed by atoms with Gasteiger partial charge in [-0.25, -0.2) is 9.78 Å². The van der Waals surface area contributed by atoms with Crippen LogP contribution in [0.2, 0.25) is 0 Å². The number of aliphatic hydroxyl groups is 1. The highest BCUT2D eigenvalue weighted by molar-refractivity contribution is 5.91. The molecule has 13 nitrogen and oxygen atoms in total. The number of nitrogens with zero attached hydrogens (tertiary/aromatic N) is 2. The van der Waals surface area contributed by atoms with Gasteiger partial charge in [0.15, 0.2) is 5.96 Å². The lowest BCUT2D eigenvalue weighted by molar-refractivity contribution is -0.131. The Balaban J connectivity index is 0.00000901. The van der Waals surface area contributed by atoms with E-state index in [0.29, 0.717) is 37.4 Å². The Morgan fingerprint density at radius 1 is 1.00 bits per heavy atom. The summed E-state index contributed by atoms with van der Waals surface area (Å²) in [7, 11) is 0. The van der Waals surface area contributed by atoms with E-state index in [9.17, 15) is 19.5 Å². The molecule has 14 heteroatoms. The van der Waals surface area contributed by atoms with E-state index in [4.69, 9.17) is 16.2 Å². The monoisotopic (exact) mass is 732 g/mol. The van der Waals surface area contributed by atoms with Crippen molar-refractivity contribution in [3.05, 3.63) is 54.1 Å². The second-order valence-corrected chi connectivity index (χ2v) is 15.0. The van der Waals surface area contributed by atoms with Gasteiger partial charge in [0.2, 0.25) is 11.8 Å². The molecular formula is C37H61ClN8O5. The number of imidazole rings is 1. The fraction of sp³-hybridized carbons (Fsp3) is 0.649. The number of H-pyrrole nitrogens is 1. The lowest BCUT2D eigenvalue weighted by Crippen LogP contribution is -2.57. The number of hydrogen-bond donors (Lipinski definition) is 7. The van der Waals surface area contributed by atoms with Crippen molar-refractivity contribution in [2.75, 3.05) is 6.54 Å². The summed E-state index contributed by atoms with van der Waals surface area (Å²) in [6.45, 7) is 9.90. The highest BCUT2D eigenvalue weighted by Crippen LogP contribution is 2.30. The van der Waals surface area contributed by atoms with Crippen LogP contribution in [-0.2, 0) is 27.2 Å². The van der Waals surface area contributed by atoms with Gasteiger partial charge < -0.3 is 42.2 Å². The third kappa shape index (κ3) is 16.4. The highest BCUT2D eigenvalue weighted by Gasteiger charge is 2.33. The van der Waals surface area contributed by atoms with E-state index >= 15 is 0 Å². The first-order valence-electron chi connectivity index (χ1n) is 18.0. The van der Waals surface area contributed by atoms with Crippen molar-refractivity contribution < 1.29 is 24.2 Å². The molecule has 3 amide bonds. The number of alkyl carbamates (subject to hydrolysis) is 1. The molecule has 1 aliphatic rings. The zero-order chi connectivity index (χ0) is 36.7. The van der Waals surface area contributed by atoms with Crippen LogP contribution in [0.1, 0.15) is 97.2 Å². The van der Waals surface area contributed by atoms with Gasteiger partial charge in [0.25, 0.3) is 0 Å². The van der Waals surface area contributed by atoms with Gasteiger partial charge >= 0.3 is 6.09 Å². The first kappa shape index (κ1) is 43.3. The van der Waals surface area contributed by atoms with Gasteiger partial charge in [-0.05, 0) is 63.4 Å². The highest BCUT2D eigenvalue weighted by atomic mass is 35.5. The molecule has 1 aromatic heterocycles. The molecule has 9 N–H and O–H groups in total. The number of aliphatic imine (C=N–C) groups is 1.